The van der Waals surface area contributed by atoms with E-state index in [-0.39, 0.29) is 18.7 Å². The van der Waals surface area contributed by atoms with Crippen LogP contribution >= 0.6 is 0 Å². The lowest BCUT2D eigenvalue weighted by molar-refractivity contribution is -0.137. The molecule has 0 spiro atoms. The number of carbonyl (C=O) groups is 1. The van der Waals surface area contributed by atoms with Crippen molar-refractivity contribution >= 4 is 16.0 Å². The van der Waals surface area contributed by atoms with Crippen LogP contribution in [0, 0.1) is 0 Å². The molecule has 5 nitrogen and oxygen atoms in total. The smallest absolute Gasteiger partial charge is 0.303 e. The minimum absolute atomic E-state index is 0.00594. The molecule has 0 amide bonds. The number of carboxylic acid groups (broad SMARTS) is 1. The number of rotatable bonds is 7. The summed E-state index contributed by atoms with van der Waals surface area (Å²) in [6.07, 6.45) is 0.937. The van der Waals surface area contributed by atoms with Gasteiger partial charge >= 0.3 is 5.97 Å². The summed E-state index contributed by atoms with van der Waals surface area (Å²) in [6, 6.07) is 0. The molecule has 0 aromatic rings. The van der Waals surface area contributed by atoms with Crippen molar-refractivity contribution < 1.29 is 18.3 Å². The summed E-state index contributed by atoms with van der Waals surface area (Å²) in [6.45, 7) is 2.07. The summed E-state index contributed by atoms with van der Waals surface area (Å²) < 4.78 is 24.0. The SMILES string of the molecule is CCCS(=O)(=O)N(C)CCCC(=O)O. The molecule has 0 saturated carbocycles. The van der Waals surface area contributed by atoms with Crippen LogP contribution in [0.3, 0.4) is 0 Å². The lowest BCUT2D eigenvalue weighted by Gasteiger charge is -2.15. The van der Waals surface area contributed by atoms with E-state index in [1.165, 1.54) is 11.4 Å². The maximum atomic E-state index is 11.4. The Morgan fingerprint density at radius 1 is 1.43 bits per heavy atom. The van der Waals surface area contributed by atoms with Crippen LogP contribution < -0.4 is 0 Å². The number of aliphatic carboxylic acids is 1. The van der Waals surface area contributed by atoms with Crippen LogP contribution in [0.5, 0.6) is 0 Å². The van der Waals surface area contributed by atoms with Crippen LogP contribution in [0.25, 0.3) is 0 Å². The third kappa shape index (κ3) is 5.18. The molecule has 0 heterocycles. The van der Waals surface area contributed by atoms with Crippen molar-refractivity contribution in [3.05, 3.63) is 0 Å². The van der Waals surface area contributed by atoms with Crippen LogP contribution in [0.1, 0.15) is 26.2 Å². The van der Waals surface area contributed by atoms with Gasteiger partial charge in [-0.25, -0.2) is 12.7 Å². The van der Waals surface area contributed by atoms with Gasteiger partial charge in [0.15, 0.2) is 0 Å². The van der Waals surface area contributed by atoms with Gasteiger partial charge in [0.25, 0.3) is 0 Å². The van der Waals surface area contributed by atoms with E-state index in [0.717, 1.165) is 0 Å². The molecule has 0 fully saturated rings. The van der Waals surface area contributed by atoms with Gasteiger partial charge in [0, 0.05) is 20.0 Å². The van der Waals surface area contributed by atoms with Crippen LogP contribution in [0.15, 0.2) is 0 Å². The van der Waals surface area contributed by atoms with Crippen molar-refractivity contribution in [1.29, 1.82) is 0 Å². The van der Waals surface area contributed by atoms with Gasteiger partial charge in [-0.15, -0.1) is 0 Å². The second-order valence-electron chi connectivity index (χ2n) is 3.13. The van der Waals surface area contributed by atoms with Crippen molar-refractivity contribution in [1.82, 2.24) is 4.31 Å². The first-order chi connectivity index (χ1) is 6.40. The van der Waals surface area contributed by atoms with Crippen LogP contribution in [0.4, 0.5) is 0 Å². The third-order valence-corrected chi connectivity index (χ3v) is 3.86. The summed E-state index contributed by atoms with van der Waals surface area (Å²) >= 11 is 0. The number of nitrogens with zero attached hydrogens (tertiary/aromatic N) is 1. The molecule has 0 aromatic heterocycles. The number of sulfonamides is 1. The molecule has 0 bridgehead atoms. The molecule has 1 N–H and O–H groups in total. The molecule has 0 atom stereocenters. The maximum absolute atomic E-state index is 11.4. The predicted molar refractivity (Wildman–Crippen MR) is 53.6 cm³/mol. The molecule has 0 saturated heterocycles. The van der Waals surface area contributed by atoms with E-state index in [9.17, 15) is 13.2 Å². The van der Waals surface area contributed by atoms with Crippen LogP contribution in [-0.4, -0.2) is 43.1 Å². The molecule has 14 heavy (non-hydrogen) atoms. The monoisotopic (exact) mass is 223 g/mol. The Morgan fingerprint density at radius 3 is 2.43 bits per heavy atom. The first-order valence-electron chi connectivity index (χ1n) is 4.56. The zero-order valence-electron chi connectivity index (χ0n) is 8.56. The van der Waals surface area contributed by atoms with Gasteiger partial charge in [0.1, 0.15) is 0 Å². The van der Waals surface area contributed by atoms with Gasteiger partial charge in [0.2, 0.25) is 10.0 Å². The van der Waals surface area contributed by atoms with Gasteiger partial charge in [0.05, 0.1) is 5.75 Å². The van der Waals surface area contributed by atoms with Crippen molar-refractivity contribution in [3.63, 3.8) is 0 Å². The summed E-state index contributed by atoms with van der Waals surface area (Å²) in [5.74, 6) is -0.775. The zero-order valence-corrected chi connectivity index (χ0v) is 9.38. The van der Waals surface area contributed by atoms with E-state index in [0.29, 0.717) is 12.8 Å². The quantitative estimate of drug-likeness (QED) is 0.683. The molecular weight excluding hydrogens is 206 g/mol. The second-order valence-corrected chi connectivity index (χ2v) is 5.33. The van der Waals surface area contributed by atoms with Gasteiger partial charge in [-0.3, -0.25) is 4.79 Å². The highest BCUT2D eigenvalue weighted by molar-refractivity contribution is 7.89. The summed E-state index contributed by atoms with van der Waals surface area (Å²) in [7, 11) is -1.69. The molecule has 6 heteroatoms. The van der Waals surface area contributed by atoms with Gasteiger partial charge < -0.3 is 5.11 Å². The molecule has 0 aromatic carbocycles. The van der Waals surface area contributed by atoms with Gasteiger partial charge in [-0.1, -0.05) is 6.92 Å². The van der Waals surface area contributed by atoms with Crippen molar-refractivity contribution in [2.45, 2.75) is 26.2 Å². The fourth-order valence-electron chi connectivity index (χ4n) is 1.01. The molecule has 0 aliphatic heterocycles. The van der Waals surface area contributed by atoms with E-state index in [2.05, 4.69) is 0 Å². The first-order valence-corrected chi connectivity index (χ1v) is 6.17. The van der Waals surface area contributed by atoms with Gasteiger partial charge in [-0.2, -0.15) is 0 Å². The molecule has 0 rings (SSSR count). The highest BCUT2D eigenvalue weighted by atomic mass is 32.2. The second kappa shape index (κ2) is 5.98. The third-order valence-electron chi connectivity index (χ3n) is 1.80. The lowest BCUT2D eigenvalue weighted by Crippen LogP contribution is -2.30. The Labute approximate surface area is 84.8 Å². The van der Waals surface area contributed by atoms with Crippen LogP contribution in [0.2, 0.25) is 0 Å². The van der Waals surface area contributed by atoms with E-state index < -0.39 is 16.0 Å². The normalized spacial score (nSPS) is 11.9. The maximum Gasteiger partial charge on any atom is 0.303 e. The Hall–Kier alpha value is -0.620. The minimum Gasteiger partial charge on any atom is -0.481 e. The number of hydrogen-bond donors (Lipinski definition) is 1. The Balaban J connectivity index is 3.95. The van der Waals surface area contributed by atoms with Crippen molar-refractivity contribution in [2.75, 3.05) is 19.3 Å². The Morgan fingerprint density at radius 2 is 2.00 bits per heavy atom. The van der Waals surface area contributed by atoms with Gasteiger partial charge in [-0.05, 0) is 12.8 Å². The van der Waals surface area contributed by atoms with Crippen molar-refractivity contribution in [2.24, 2.45) is 0 Å². The molecule has 0 aliphatic carbocycles. The summed E-state index contributed by atoms with van der Waals surface area (Å²) in [4.78, 5) is 10.2. The largest absolute Gasteiger partial charge is 0.481 e. The lowest BCUT2D eigenvalue weighted by atomic mass is 10.3. The Kier molecular flexibility index (Phi) is 5.71. The van der Waals surface area contributed by atoms with E-state index in [1.54, 1.807) is 6.92 Å². The van der Waals surface area contributed by atoms with E-state index in [4.69, 9.17) is 5.11 Å². The molecular formula is C8H17NO4S. The minimum atomic E-state index is -3.17. The number of hydrogen-bond acceptors (Lipinski definition) is 3. The van der Waals surface area contributed by atoms with E-state index >= 15 is 0 Å². The topological polar surface area (TPSA) is 74.7 Å². The average Bonchev–Trinajstić information content (AvgIpc) is 2.03. The molecule has 0 aliphatic rings. The summed E-state index contributed by atoms with van der Waals surface area (Å²) in [5, 5.41) is 8.36. The highest BCUT2D eigenvalue weighted by Crippen LogP contribution is 2.02. The molecule has 0 unspecified atom stereocenters. The number of carboxylic acids is 1. The molecule has 0 radical (unpaired) electrons. The average molecular weight is 223 g/mol. The van der Waals surface area contributed by atoms with Crippen LogP contribution in [-0.2, 0) is 14.8 Å². The fraction of sp³-hybridized carbons (Fsp3) is 0.875. The standard InChI is InChI=1S/C8H17NO4S/c1-3-7-14(12,13)9(2)6-4-5-8(10)11/h3-7H2,1-2H3,(H,10,11). The van der Waals surface area contributed by atoms with E-state index in [1.807, 2.05) is 0 Å². The zero-order chi connectivity index (χ0) is 11.2. The summed E-state index contributed by atoms with van der Waals surface area (Å²) in [5.41, 5.74) is 0. The predicted octanol–water partition coefficient (Wildman–Crippen LogP) is 0.523. The highest BCUT2D eigenvalue weighted by Gasteiger charge is 2.15. The Bertz CT molecular complexity index is 273. The van der Waals surface area contributed by atoms with Crippen molar-refractivity contribution in [3.8, 4) is 0 Å². The fourth-order valence-corrected chi connectivity index (χ4v) is 2.24. The first kappa shape index (κ1) is 13.4. The molecule has 84 valence electrons.